The number of nitrogens with zero attached hydrogens (tertiary/aromatic N) is 2. The molecule has 6 nitrogen and oxygen atoms in total. The molecule has 0 spiro atoms. The molecule has 0 aliphatic heterocycles. The van der Waals surface area contributed by atoms with Crippen molar-refractivity contribution in [2.75, 3.05) is 0 Å². The van der Waals surface area contributed by atoms with Gasteiger partial charge in [0, 0.05) is 17.7 Å². The lowest BCUT2D eigenvalue weighted by Crippen LogP contribution is -2.32. The molecule has 0 bridgehead atoms. The molecule has 0 saturated heterocycles. The van der Waals surface area contributed by atoms with Crippen molar-refractivity contribution in [3.05, 3.63) is 71.1 Å². The van der Waals surface area contributed by atoms with Crippen LogP contribution in [-0.4, -0.2) is 16.0 Å². The number of aryl methyl sites for hydroxylation is 1. The fourth-order valence-corrected chi connectivity index (χ4v) is 2.83. The molecule has 0 radical (unpaired) electrons. The number of nitrogens with two attached hydrogens (primary N) is 1. The van der Waals surface area contributed by atoms with Gasteiger partial charge in [-0.15, -0.1) is 0 Å². The maximum atomic E-state index is 12.7. The number of nitrogens with one attached hydrogen (secondary N) is 1. The zero-order chi connectivity index (χ0) is 19.4. The molecule has 6 heteroatoms. The van der Waals surface area contributed by atoms with Crippen LogP contribution in [0.2, 0.25) is 0 Å². The van der Waals surface area contributed by atoms with Crippen molar-refractivity contribution in [2.24, 2.45) is 11.7 Å². The number of rotatable bonds is 6. The maximum Gasteiger partial charge on any atom is 0.252 e. The van der Waals surface area contributed by atoms with Crippen LogP contribution in [0.4, 0.5) is 0 Å². The Kier molecular flexibility index (Phi) is 5.66. The zero-order valence-electron chi connectivity index (χ0n) is 15.8. The second-order valence-corrected chi connectivity index (χ2v) is 6.87. The highest BCUT2D eigenvalue weighted by molar-refractivity contribution is 5.95. The van der Waals surface area contributed by atoms with E-state index in [4.69, 9.17) is 10.3 Å². The molecule has 1 amide bonds. The fourth-order valence-electron chi connectivity index (χ4n) is 2.83. The smallest absolute Gasteiger partial charge is 0.252 e. The highest BCUT2D eigenvalue weighted by Crippen LogP contribution is 2.24. The van der Waals surface area contributed by atoms with Crippen molar-refractivity contribution in [1.82, 2.24) is 15.5 Å². The summed E-state index contributed by atoms with van der Waals surface area (Å²) in [4.78, 5) is 17.2. The van der Waals surface area contributed by atoms with E-state index in [1.54, 1.807) is 6.07 Å². The Morgan fingerprint density at radius 2 is 1.85 bits per heavy atom. The molecular formula is C21H24N4O2. The summed E-state index contributed by atoms with van der Waals surface area (Å²) < 4.78 is 5.47. The Labute approximate surface area is 158 Å². The van der Waals surface area contributed by atoms with E-state index < -0.39 is 0 Å². The third kappa shape index (κ3) is 4.23. The molecular weight excluding hydrogens is 340 g/mol. The van der Waals surface area contributed by atoms with E-state index >= 15 is 0 Å². The maximum absolute atomic E-state index is 12.7. The Morgan fingerprint density at radius 3 is 2.48 bits per heavy atom. The Bertz CT molecular complexity index is 916. The molecule has 2 aromatic carbocycles. The molecule has 27 heavy (non-hydrogen) atoms. The van der Waals surface area contributed by atoms with Gasteiger partial charge in [0.1, 0.15) is 6.04 Å². The van der Waals surface area contributed by atoms with Gasteiger partial charge in [-0.3, -0.25) is 4.79 Å². The van der Waals surface area contributed by atoms with Crippen LogP contribution in [0.1, 0.15) is 47.3 Å². The Morgan fingerprint density at radius 1 is 1.15 bits per heavy atom. The van der Waals surface area contributed by atoms with Crippen LogP contribution >= 0.6 is 0 Å². The van der Waals surface area contributed by atoms with E-state index in [1.807, 2.05) is 63.2 Å². The average Bonchev–Trinajstić information content (AvgIpc) is 3.16. The lowest BCUT2D eigenvalue weighted by atomic mass is 10.0. The van der Waals surface area contributed by atoms with Gasteiger partial charge in [0.2, 0.25) is 11.7 Å². The molecule has 1 heterocycles. The van der Waals surface area contributed by atoms with Gasteiger partial charge >= 0.3 is 0 Å². The summed E-state index contributed by atoms with van der Waals surface area (Å²) in [5.41, 5.74) is 9.07. The first kappa shape index (κ1) is 18.8. The van der Waals surface area contributed by atoms with Crippen molar-refractivity contribution < 1.29 is 9.32 Å². The molecule has 140 valence electrons. The van der Waals surface area contributed by atoms with Crippen molar-refractivity contribution in [2.45, 2.75) is 33.4 Å². The minimum Gasteiger partial charge on any atom is -0.340 e. The highest BCUT2D eigenvalue weighted by Gasteiger charge is 2.25. The number of benzene rings is 2. The quantitative estimate of drug-likeness (QED) is 0.696. The van der Waals surface area contributed by atoms with Crippen molar-refractivity contribution in [1.29, 1.82) is 0 Å². The van der Waals surface area contributed by atoms with E-state index in [2.05, 4.69) is 15.5 Å². The van der Waals surface area contributed by atoms with Crippen molar-refractivity contribution in [3.8, 4) is 11.4 Å². The number of carbonyl (C=O) groups is 1. The normalized spacial score (nSPS) is 12.2. The summed E-state index contributed by atoms with van der Waals surface area (Å²) in [6, 6.07) is 14.8. The molecule has 3 N–H and O–H groups in total. The van der Waals surface area contributed by atoms with Gasteiger partial charge in [0.15, 0.2) is 0 Å². The second-order valence-electron chi connectivity index (χ2n) is 6.87. The van der Waals surface area contributed by atoms with E-state index in [0.29, 0.717) is 23.8 Å². The minimum absolute atomic E-state index is 0.0888. The van der Waals surface area contributed by atoms with Crippen LogP contribution in [0, 0.1) is 12.8 Å². The molecule has 1 unspecified atom stereocenters. The molecule has 1 aromatic heterocycles. The first-order valence-electron chi connectivity index (χ1n) is 8.99. The van der Waals surface area contributed by atoms with Gasteiger partial charge in [-0.25, -0.2) is 0 Å². The van der Waals surface area contributed by atoms with Crippen molar-refractivity contribution >= 4 is 5.91 Å². The van der Waals surface area contributed by atoms with Gasteiger partial charge in [-0.05, 0) is 30.0 Å². The van der Waals surface area contributed by atoms with Crippen LogP contribution in [0.15, 0.2) is 53.1 Å². The lowest BCUT2D eigenvalue weighted by molar-refractivity contribution is 0.0913. The SMILES string of the molecule is Cc1ccccc1C(=O)NC(c1nc(-c2ccc(CN)cc2)no1)C(C)C. The summed E-state index contributed by atoms with van der Waals surface area (Å²) >= 11 is 0. The molecule has 0 aliphatic rings. The van der Waals surface area contributed by atoms with Gasteiger partial charge in [0.25, 0.3) is 5.91 Å². The average molecular weight is 364 g/mol. The molecule has 0 saturated carbocycles. The summed E-state index contributed by atoms with van der Waals surface area (Å²) in [6.45, 7) is 6.40. The molecule has 1 atom stereocenters. The number of carbonyl (C=O) groups excluding carboxylic acids is 1. The number of amides is 1. The van der Waals surface area contributed by atoms with Crippen molar-refractivity contribution in [3.63, 3.8) is 0 Å². The summed E-state index contributed by atoms with van der Waals surface area (Å²) in [7, 11) is 0. The highest BCUT2D eigenvalue weighted by atomic mass is 16.5. The lowest BCUT2D eigenvalue weighted by Gasteiger charge is -2.19. The minimum atomic E-state index is -0.373. The third-order valence-electron chi connectivity index (χ3n) is 4.50. The Hall–Kier alpha value is -2.99. The largest absolute Gasteiger partial charge is 0.340 e. The van der Waals surface area contributed by atoms with Crippen LogP contribution < -0.4 is 11.1 Å². The topological polar surface area (TPSA) is 94.0 Å². The van der Waals surface area contributed by atoms with Crippen LogP contribution in [0.5, 0.6) is 0 Å². The van der Waals surface area contributed by atoms with Gasteiger partial charge < -0.3 is 15.6 Å². The molecule has 3 aromatic rings. The van der Waals surface area contributed by atoms with Crippen LogP contribution in [-0.2, 0) is 6.54 Å². The number of hydrogen-bond acceptors (Lipinski definition) is 5. The Balaban J connectivity index is 1.82. The standard InChI is InChI=1S/C21H24N4O2/c1-13(2)18(23-20(26)17-7-5-4-6-14(17)3)21-24-19(25-27-21)16-10-8-15(12-22)9-11-16/h4-11,13,18H,12,22H2,1-3H3,(H,23,26). The zero-order valence-corrected chi connectivity index (χ0v) is 15.8. The van der Waals surface area contributed by atoms with E-state index in [1.165, 1.54) is 0 Å². The fraction of sp³-hybridized carbons (Fsp3) is 0.286. The van der Waals surface area contributed by atoms with E-state index in [9.17, 15) is 4.79 Å². The third-order valence-corrected chi connectivity index (χ3v) is 4.50. The van der Waals surface area contributed by atoms with E-state index in [0.717, 1.165) is 16.7 Å². The van der Waals surface area contributed by atoms with Gasteiger partial charge in [-0.1, -0.05) is 61.5 Å². The van der Waals surface area contributed by atoms with Crippen LogP contribution in [0.25, 0.3) is 11.4 Å². The predicted molar refractivity (Wildman–Crippen MR) is 104 cm³/mol. The second kappa shape index (κ2) is 8.14. The first-order valence-corrected chi connectivity index (χ1v) is 8.99. The van der Waals surface area contributed by atoms with E-state index in [-0.39, 0.29) is 17.9 Å². The summed E-state index contributed by atoms with van der Waals surface area (Å²) in [6.07, 6.45) is 0. The molecule has 3 rings (SSSR count). The predicted octanol–water partition coefficient (Wildman–Crippen LogP) is 3.63. The molecule has 0 fully saturated rings. The van der Waals surface area contributed by atoms with Gasteiger partial charge in [0.05, 0.1) is 0 Å². The van der Waals surface area contributed by atoms with Gasteiger partial charge in [-0.2, -0.15) is 4.98 Å². The monoisotopic (exact) mass is 364 g/mol. The van der Waals surface area contributed by atoms with Crippen LogP contribution in [0.3, 0.4) is 0 Å². The summed E-state index contributed by atoms with van der Waals surface area (Å²) in [5.74, 6) is 0.818. The number of aromatic nitrogens is 2. The molecule has 0 aliphatic carbocycles. The first-order chi connectivity index (χ1) is 13.0. The summed E-state index contributed by atoms with van der Waals surface area (Å²) in [5, 5.41) is 7.10. The number of hydrogen-bond donors (Lipinski definition) is 2.